The molecule has 2 aromatic rings. The van der Waals surface area contributed by atoms with Crippen LogP contribution in [0.3, 0.4) is 0 Å². The quantitative estimate of drug-likeness (QED) is 0.309. The topological polar surface area (TPSA) is 52.6 Å². The zero-order valence-corrected chi connectivity index (χ0v) is 20.7. The van der Waals surface area contributed by atoms with E-state index in [1.165, 1.54) is 15.4 Å². The maximum Gasteiger partial charge on any atom is 0.191 e. The fourth-order valence-corrected chi connectivity index (χ4v) is 4.33. The summed E-state index contributed by atoms with van der Waals surface area (Å²) in [5, 5.41) is 8.22. The zero-order chi connectivity index (χ0) is 19.6. The lowest BCUT2D eigenvalue weighted by atomic mass is 10.0. The molecule has 5 nitrogen and oxygen atoms in total. The number of piperidine rings is 1. The second kappa shape index (κ2) is 13.2. The highest BCUT2D eigenvalue weighted by Gasteiger charge is 2.20. The summed E-state index contributed by atoms with van der Waals surface area (Å²) in [6, 6.07) is 11.3. The molecular formula is C22H34IN5S. The molecule has 3 rings (SSSR count). The van der Waals surface area contributed by atoms with Gasteiger partial charge >= 0.3 is 0 Å². The normalized spacial score (nSPS) is 15.7. The molecule has 1 aliphatic heterocycles. The number of nitrogens with one attached hydrogen (secondary N) is 2. The number of thiazole rings is 1. The van der Waals surface area contributed by atoms with Gasteiger partial charge in [0, 0.05) is 56.3 Å². The van der Waals surface area contributed by atoms with Crippen molar-refractivity contribution in [3.05, 3.63) is 52.0 Å². The van der Waals surface area contributed by atoms with Crippen molar-refractivity contribution < 1.29 is 0 Å². The minimum Gasteiger partial charge on any atom is -0.357 e. The summed E-state index contributed by atoms with van der Waals surface area (Å²) in [6.45, 7) is 9.27. The third kappa shape index (κ3) is 8.22. The number of hydrogen-bond acceptors (Lipinski definition) is 4. The Labute approximate surface area is 196 Å². The summed E-state index contributed by atoms with van der Waals surface area (Å²) in [4.78, 5) is 13.2. The first-order chi connectivity index (χ1) is 13.8. The van der Waals surface area contributed by atoms with Crippen molar-refractivity contribution in [1.82, 2.24) is 20.5 Å². The van der Waals surface area contributed by atoms with Crippen LogP contribution in [0, 0.1) is 0 Å². The van der Waals surface area contributed by atoms with E-state index in [2.05, 4.69) is 64.7 Å². The van der Waals surface area contributed by atoms with Crippen LogP contribution >= 0.6 is 35.3 Å². The molecular weight excluding hydrogens is 493 g/mol. The summed E-state index contributed by atoms with van der Waals surface area (Å²) < 4.78 is 0. The highest BCUT2D eigenvalue weighted by Crippen LogP contribution is 2.15. The van der Waals surface area contributed by atoms with E-state index in [1.807, 2.05) is 17.5 Å². The number of rotatable bonds is 8. The number of likely N-dealkylation sites (tertiary alicyclic amines) is 1. The van der Waals surface area contributed by atoms with Gasteiger partial charge in [-0.05, 0) is 31.7 Å². The van der Waals surface area contributed by atoms with Crippen molar-refractivity contribution in [1.29, 1.82) is 0 Å². The Morgan fingerprint density at radius 1 is 1.21 bits per heavy atom. The molecule has 2 N–H and O–H groups in total. The molecule has 1 saturated heterocycles. The van der Waals surface area contributed by atoms with Crippen molar-refractivity contribution in [3.63, 3.8) is 0 Å². The van der Waals surface area contributed by atoms with Crippen molar-refractivity contribution in [2.45, 2.75) is 52.1 Å². The van der Waals surface area contributed by atoms with Gasteiger partial charge in [0.15, 0.2) is 5.96 Å². The average molecular weight is 528 g/mol. The molecule has 1 aromatic heterocycles. The highest BCUT2D eigenvalue weighted by atomic mass is 127. The fraction of sp³-hybridized carbons (Fsp3) is 0.545. The van der Waals surface area contributed by atoms with Gasteiger partial charge in [-0.15, -0.1) is 35.3 Å². The molecule has 2 heterocycles. The van der Waals surface area contributed by atoms with E-state index in [-0.39, 0.29) is 24.0 Å². The number of halogens is 1. The van der Waals surface area contributed by atoms with Crippen molar-refractivity contribution >= 4 is 41.3 Å². The van der Waals surface area contributed by atoms with Crippen LogP contribution < -0.4 is 10.6 Å². The molecule has 29 heavy (non-hydrogen) atoms. The molecule has 1 aromatic carbocycles. The highest BCUT2D eigenvalue weighted by molar-refractivity contribution is 14.0. The van der Waals surface area contributed by atoms with Gasteiger partial charge in [-0.25, -0.2) is 4.98 Å². The van der Waals surface area contributed by atoms with Gasteiger partial charge in [-0.3, -0.25) is 9.89 Å². The minimum atomic E-state index is 0. The van der Waals surface area contributed by atoms with Crippen molar-refractivity contribution in [3.8, 4) is 0 Å². The van der Waals surface area contributed by atoms with Crippen LogP contribution in [0.5, 0.6) is 0 Å². The number of nitrogens with zero attached hydrogens (tertiary/aromatic N) is 3. The second-order valence-electron chi connectivity index (χ2n) is 7.26. The lowest BCUT2D eigenvalue weighted by Gasteiger charge is -2.33. The van der Waals surface area contributed by atoms with Gasteiger partial charge in [0.2, 0.25) is 0 Å². The Kier molecular flexibility index (Phi) is 10.9. The first-order valence-electron chi connectivity index (χ1n) is 10.5. The van der Waals surface area contributed by atoms with E-state index in [0.29, 0.717) is 6.04 Å². The Hall–Kier alpha value is -1.19. The average Bonchev–Trinajstić information content (AvgIpc) is 3.18. The maximum atomic E-state index is 4.77. The Morgan fingerprint density at radius 3 is 2.62 bits per heavy atom. The Morgan fingerprint density at radius 2 is 1.97 bits per heavy atom. The summed E-state index contributed by atoms with van der Waals surface area (Å²) in [5.41, 5.74) is 1.40. The van der Waals surface area contributed by atoms with Gasteiger partial charge in [0.1, 0.15) is 0 Å². The lowest BCUT2D eigenvalue weighted by molar-refractivity contribution is 0.198. The van der Waals surface area contributed by atoms with Gasteiger partial charge in [-0.1, -0.05) is 37.3 Å². The second-order valence-corrected chi connectivity index (χ2v) is 8.46. The molecule has 0 spiro atoms. The summed E-state index contributed by atoms with van der Waals surface area (Å²) in [7, 11) is 0. The summed E-state index contributed by atoms with van der Waals surface area (Å²) >= 11 is 1.81. The first-order valence-corrected chi connectivity index (χ1v) is 11.3. The Bertz CT molecular complexity index is 726. The number of hydrogen-bond donors (Lipinski definition) is 2. The monoisotopic (exact) mass is 527 g/mol. The molecule has 0 unspecified atom stereocenters. The molecule has 0 atom stereocenters. The molecule has 0 bridgehead atoms. The predicted octanol–water partition coefficient (Wildman–Crippen LogP) is 4.09. The van der Waals surface area contributed by atoms with E-state index >= 15 is 0 Å². The van der Waals surface area contributed by atoms with Gasteiger partial charge in [0.25, 0.3) is 0 Å². The fourth-order valence-electron chi connectivity index (χ4n) is 3.48. The smallest absolute Gasteiger partial charge is 0.191 e. The van der Waals surface area contributed by atoms with E-state index in [4.69, 9.17) is 4.99 Å². The van der Waals surface area contributed by atoms with Crippen LogP contribution in [-0.4, -0.2) is 48.1 Å². The van der Waals surface area contributed by atoms with Crippen molar-refractivity contribution in [2.75, 3.05) is 26.2 Å². The van der Waals surface area contributed by atoms with Gasteiger partial charge < -0.3 is 10.6 Å². The largest absolute Gasteiger partial charge is 0.357 e. The van der Waals surface area contributed by atoms with Gasteiger partial charge in [-0.2, -0.15) is 0 Å². The van der Waals surface area contributed by atoms with Crippen LogP contribution in [0.1, 0.15) is 42.1 Å². The number of guanidine groups is 1. The van der Waals surface area contributed by atoms with Crippen LogP contribution in [0.15, 0.2) is 41.5 Å². The van der Waals surface area contributed by atoms with Gasteiger partial charge in [0.05, 0.1) is 5.01 Å². The number of benzene rings is 1. The number of aliphatic imine (C=N–C) groups is 1. The minimum absolute atomic E-state index is 0. The molecule has 7 heteroatoms. The predicted molar refractivity (Wildman–Crippen MR) is 134 cm³/mol. The molecule has 0 amide bonds. The molecule has 160 valence electrons. The number of aromatic nitrogens is 1. The SMILES string of the molecule is CCNC(=NCCc1ncc(CC)s1)NC1CCN(Cc2ccccc2)CC1.I. The van der Waals surface area contributed by atoms with Crippen molar-refractivity contribution in [2.24, 2.45) is 4.99 Å². The molecule has 0 saturated carbocycles. The van der Waals surface area contributed by atoms with Crippen LogP contribution in [0.25, 0.3) is 0 Å². The van der Waals surface area contributed by atoms with Crippen LogP contribution in [-0.2, 0) is 19.4 Å². The number of aryl methyl sites for hydroxylation is 1. The van der Waals surface area contributed by atoms with E-state index in [1.54, 1.807) is 0 Å². The molecule has 1 fully saturated rings. The van der Waals surface area contributed by atoms with E-state index in [0.717, 1.165) is 64.4 Å². The van der Waals surface area contributed by atoms with Crippen LogP contribution in [0.2, 0.25) is 0 Å². The first kappa shape index (κ1) is 24.1. The summed E-state index contributed by atoms with van der Waals surface area (Å²) in [6.07, 6.45) is 6.29. The third-order valence-corrected chi connectivity index (χ3v) is 6.27. The van der Waals surface area contributed by atoms with Crippen LogP contribution in [0.4, 0.5) is 0 Å². The molecule has 1 aliphatic rings. The summed E-state index contributed by atoms with van der Waals surface area (Å²) in [5.74, 6) is 0.941. The standard InChI is InChI=1S/C22H33N5S.HI/c1-3-20-16-25-21(28-20)10-13-24-22(23-4-2)26-19-11-14-27(15-12-19)17-18-8-6-5-7-9-18;/h5-9,16,19H,3-4,10-15,17H2,1-2H3,(H2,23,24,26);1H. The molecule has 0 aliphatic carbocycles. The Balaban J connectivity index is 0.00000300. The third-order valence-electron chi connectivity index (χ3n) is 5.07. The molecule has 0 radical (unpaired) electrons. The zero-order valence-electron chi connectivity index (χ0n) is 17.6. The van der Waals surface area contributed by atoms with E-state index in [9.17, 15) is 0 Å². The van der Waals surface area contributed by atoms with E-state index < -0.39 is 0 Å². The maximum absolute atomic E-state index is 4.77. The lowest BCUT2D eigenvalue weighted by Crippen LogP contribution is -2.48.